The van der Waals surface area contributed by atoms with Crippen LogP contribution in [-0.4, -0.2) is 16.8 Å². The average Bonchev–Trinajstić information content (AvgIpc) is 2.20. The minimum Gasteiger partial charge on any atom is -0.478 e. The topological polar surface area (TPSA) is 37.3 Å². The molecule has 0 saturated carbocycles. The van der Waals surface area contributed by atoms with Gasteiger partial charge in [-0.15, -0.1) is 0 Å². The van der Waals surface area contributed by atoms with Crippen LogP contribution in [0.4, 0.5) is 0 Å². The van der Waals surface area contributed by atoms with Crippen LogP contribution in [0.15, 0.2) is 18.2 Å². The smallest absolute Gasteiger partial charge is 0.335 e. The zero-order chi connectivity index (χ0) is 11.3. The summed E-state index contributed by atoms with van der Waals surface area (Å²) in [6.45, 7) is 0. The minimum atomic E-state index is -0.994. The molecule has 0 aliphatic rings. The van der Waals surface area contributed by atoms with E-state index in [0.29, 0.717) is 22.8 Å². The van der Waals surface area contributed by atoms with Gasteiger partial charge in [-0.1, -0.05) is 23.4 Å². The predicted molar refractivity (Wildman–Crippen MR) is 63.8 cm³/mol. The molecule has 0 aliphatic carbocycles. The zero-order valence-electron chi connectivity index (χ0n) is 7.83. The van der Waals surface area contributed by atoms with Crippen molar-refractivity contribution in [1.29, 1.82) is 0 Å². The highest BCUT2D eigenvalue weighted by Crippen LogP contribution is 2.16. The van der Waals surface area contributed by atoms with Crippen LogP contribution in [0, 0.1) is 11.8 Å². The summed E-state index contributed by atoms with van der Waals surface area (Å²) < 4.78 is 0. The van der Waals surface area contributed by atoms with Crippen molar-refractivity contribution in [3.63, 3.8) is 0 Å². The molecule has 2 nitrogen and oxygen atoms in total. The lowest BCUT2D eigenvalue weighted by atomic mass is 10.1. The second-order valence-electron chi connectivity index (χ2n) is 2.78. The molecule has 0 aliphatic heterocycles. The molecule has 0 saturated heterocycles. The van der Waals surface area contributed by atoms with E-state index >= 15 is 0 Å². The van der Waals surface area contributed by atoms with Crippen molar-refractivity contribution in [3.8, 4) is 11.8 Å². The Balaban J connectivity index is 2.95. The van der Waals surface area contributed by atoms with Gasteiger partial charge in [0.25, 0.3) is 0 Å². The van der Waals surface area contributed by atoms with Crippen LogP contribution in [0.3, 0.4) is 0 Å². The third-order valence-electron chi connectivity index (χ3n) is 1.68. The molecule has 0 atom stereocenters. The third kappa shape index (κ3) is 3.50. The number of carboxylic acid groups (broad SMARTS) is 1. The molecule has 78 valence electrons. The summed E-state index contributed by atoms with van der Waals surface area (Å²) in [7, 11) is 0. The lowest BCUT2D eigenvalue weighted by molar-refractivity contribution is 0.0697. The Hall–Kier alpha value is -1.11. The van der Waals surface area contributed by atoms with Crippen molar-refractivity contribution in [1.82, 2.24) is 0 Å². The van der Waals surface area contributed by atoms with Crippen molar-refractivity contribution < 1.29 is 9.90 Å². The number of halogens is 1. The standard InChI is InChI=1S/C11H9ClO2S/c12-10-7-9(11(13)14)5-4-8(10)3-1-2-6-15/h4-5,7,15H,2,6H2,(H,13,14). The highest BCUT2D eigenvalue weighted by atomic mass is 35.5. The normalized spacial score (nSPS) is 9.20. The lowest BCUT2D eigenvalue weighted by Gasteiger charge is -1.97. The molecule has 0 amide bonds. The Morgan fingerprint density at radius 1 is 1.53 bits per heavy atom. The molecule has 0 bridgehead atoms. The van der Waals surface area contributed by atoms with E-state index in [9.17, 15) is 4.79 Å². The Morgan fingerprint density at radius 3 is 2.80 bits per heavy atom. The number of hydrogen-bond acceptors (Lipinski definition) is 2. The van der Waals surface area contributed by atoms with E-state index in [2.05, 4.69) is 24.5 Å². The first kappa shape index (κ1) is 12.0. The van der Waals surface area contributed by atoms with Gasteiger partial charge in [-0.3, -0.25) is 0 Å². The largest absolute Gasteiger partial charge is 0.478 e. The van der Waals surface area contributed by atoms with Crippen molar-refractivity contribution in [2.75, 3.05) is 5.75 Å². The maximum Gasteiger partial charge on any atom is 0.335 e. The SMILES string of the molecule is O=C(O)c1ccc(C#CCCS)c(Cl)c1. The second kappa shape index (κ2) is 5.69. The number of carbonyl (C=O) groups is 1. The van der Waals surface area contributed by atoms with E-state index in [1.54, 1.807) is 6.07 Å². The molecule has 0 fully saturated rings. The summed E-state index contributed by atoms with van der Waals surface area (Å²) in [4.78, 5) is 10.6. The van der Waals surface area contributed by atoms with Crippen molar-refractivity contribution in [3.05, 3.63) is 34.3 Å². The molecule has 1 aromatic rings. The lowest BCUT2D eigenvalue weighted by Crippen LogP contribution is -1.95. The zero-order valence-corrected chi connectivity index (χ0v) is 9.48. The van der Waals surface area contributed by atoms with Gasteiger partial charge in [0, 0.05) is 17.7 Å². The Kier molecular flexibility index (Phi) is 4.54. The number of thiol groups is 1. The van der Waals surface area contributed by atoms with E-state index < -0.39 is 5.97 Å². The highest BCUT2D eigenvalue weighted by molar-refractivity contribution is 7.80. The first-order chi connectivity index (χ1) is 7.15. The fourth-order valence-corrected chi connectivity index (χ4v) is 1.30. The first-order valence-corrected chi connectivity index (χ1v) is 5.28. The molecular weight excluding hydrogens is 232 g/mol. The summed E-state index contributed by atoms with van der Waals surface area (Å²) in [5, 5.41) is 9.07. The molecule has 0 spiro atoms. The van der Waals surface area contributed by atoms with Crippen LogP contribution in [0.1, 0.15) is 22.3 Å². The van der Waals surface area contributed by atoms with Crippen LogP contribution in [0.2, 0.25) is 5.02 Å². The molecular formula is C11H9ClO2S. The Bertz CT molecular complexity index is 432. The first-order valence-electron chi connectivity index (χ1n) is 4.27. The maximum absolute atomic E-state index is 10.6. The molecule has 1 aromatic carbocycles. The van der Waals surface area contributed by atoms with Crippen LogP contribution < -0.4 is 0 Å². The van der Waals surface area contributed by atoms with Crippen molar-refractivity contribution >= 4 is 30.2 Å². The van der Waals surface area contributed by atoms with E-state index in [1.165, 1.54) is 12.1 Å². The quantitative estimate of drug-likeness (QED) is 0.616. The van der Waals surface area contributed by atoms with E-state index in [0.717, 1.165) is 0 Å². The number of carboxylic acids is 1. The van der Waals surface area contributed by atoms with Gasteiger partial charge in [0.1, 0.15) is 0 Å². The van der Waals surface area contributed by atoms with Gasteiger partial charge >= 0.3 is 5.97 Å². The van der Waals surface area contributed by atoms with Crippen molar-refractivity contribution in [2.45, 2.75) is 6.42 Å². The fraction of sp³-hybridized carbons (Fsp3) is 0.182. The third-order valence-corrected chi connectivity index (χ3v) is 2.21. The molecule has 15 heavy (non-hydrogen) atoms. The Labute approximate surface area is 98.7 Å². The van der Waals surface area contributed by atoms with Crippen LogP contribution in [0.25, 0.3) is 0 Å². The summed E-state index contributed by atoms with van der Waals surface area (Å²) in [6, 6.07) is 4.49. The van der Waals surface area contributed by atoms with E-state index in [-0.39, 0.29) is 5.56 Å². The highest BCUT2D eigenvalue weighted by Gasteiger charge is 2.04. The molecule has 1 N–H and O–H groups in total. The fourth-order valence-electron chi connectivity index (χ4n) is 0.963. The maximum atomic E-state index is 10.6. The number of hydrogen-bond donors (Lipinski definition) is 2. The molecule has 0 heterocycles. The second-order valence-corrected chi connectivity index (χ2v) is 3.63. The molecule has 1 rings (SSSR count). The van der Waals surface area contributed by atoms with Crippen LogP contribution in [0.5, 0.6) is 0 Å². The average molecular weight is 241 g/mol. The summed E-state index contributed by atoms with van der Waals surface area (Å²) >= 11 is 9.89. The van der Waals surface area contributed by atoms with Gasteiger partial charge in [0.2, 0.25) is 0 Å². The molecule has 0 unspecified atom stereocenters. The van der Waals surface area contributed by atoms with Crippen LogP contribution in [-0.2, 0) is 0 Å². The van der Waals surface area contributed by atoms with E-state index in [1.807, 2.05) is 0 Å². The summed E-state index contributed by atoms with van der Waals surface area (Å²) in [5.41, 5.74) is 0.809. The summed E-state index contributed by atoms with van der Waals surface area (Å²) in [5.74, 6) is 5.44. The van der Waals surface area contributed by atoms with Gasteiger partial charge in [0.05, 0.1) is 10.6 Å². The number of rotatable bonds is 2. The molecule has 0 aromatic heterocycles. The van der Waals surface area contributed by atoms with Gasteiger partial charge in [-0.25, -0.2) is 4.79 Å². The predicted octanol–water partition coefficient (Wildman–Crippen LogP) is 2.71. The van der Waals surface area contributed by atoms with Gasteiger partial charge in [0.15, 0.2) is 0 Å². The van der Waals surface area contributed by atoms with E-state index in [4.69, 9.17) is 16.7 Å². The van der Waals surface area contributed by atoms with Gasteiger partial charge < -0.3 is 5.11 Å². The Morgan fingerprint density at radius 2 is 2.27 bits per heavy atom. The summed E-state index contributed by atoms with van der Waals surface area (Å²) in [6.07, 6.45) is 0.681. The van der Waals surface area contributed by atoms with Gasteiger partial charge in [-0.2, -0.15) is 12.6 Å². The number of benzene rings is 1. The minimum absolute atomic E-state index is 0.166. The van der Waals surface area contributed by atoms with Gasteiger partial charge in [-0.05, 0) is 18.2 Å². The molecule has 0 radical (unpaired) electrons. The number of aromatic carboxylic acids is 1. The van der Waals surface area contributed by atoms with Crippen LogP contribution >= 0.6 is 24.2 Å². The molecule has 4 heteroatoms. The van der Waals surface area contributed by atoms with Crippen molar-refractivity contribution in [2.24, 2.45) is 0 Å². The monoisotopic (exact) mass is 240 g/mol.